The van der Waals surface area contributed by atoms with Gasteiger partial charge in [0.05, 0.1) is 0 Å². The lowest BCUT2D eigenvalue weighted by molar-refractivity contribution is 1.05. The van der Waals surface area contributed by atoms with Crippen molar-refractivity contribution in [2.45, 2.75) is 19.3 Å². The molecular formula is C9H12. The van der Waals surface area contributed by atoms with E-state index in [0.717, 1.165) is 6.42 Å². The summed E-state index contributed by atoms with van der Waals surface area (Å²) in [6, 6.07) is 0. The Morgan fingerprint density at radius 2 is 1.44 bits per heavy atom. The molecule has 1 aliphatic carbocycles. The second-order valence-electron chi connectivity index (χ2n) is 2.14. The minimum Gasteiger partial charge on any atom is -0.0879 e. The van der Waals surface area contributed by atoms with Gasteiger partial charge in [0.25, 0.3) is 0 Å². The van der Waals surface area contributed by atoms with E-state index in [1.165, 1.54) is 12.8 Å². The Hall–Kier alpha value is -0.780. The maximum atomic E-state index is 2.24. The fraction of sp³-hybridized carbons (Fsp3) is 0.333. The second kappa shape index (κ2) is 4.13. The van der Waals surface area contributed by atoms with Crippen molar-refractivity contribution < 1.29 is 0 Å². The zero-order valence-electron chi connectivity index (χ0n) is 5.59. The van der Waals surface area contributed by atoms with Crippen LogP contribution in [0, 0.1) is 0 Å². The molecule has 0 heterocycles. The highest BCUT2D eigenvalue weighted by atomic mass is 13.8. The molecule has 0 saturated heterocycles. The highest BCUT2D eigenvalue weighted by Gasteiger charge is 1.77. The van der Waals surface area contributed by atoms with Crippen molar-refractivity contribution in [3.05, 3.63) is 36.5 Å². The highest BCUT2D eigenvalue weighted by molar-refractivity contribution is 5.06. The summed E-state index contributed by atoms with van der Waals surface area (Å²) >= 11 is 0. The molecule has 1 rings (SSSR count). The molecular weight excluding hydrogens is 108 g/mol. The minimum absolute atomic E-state index is 1.09. The maximum Gasteiger partial charge on any atom is -0.0166 e. The molecule has 1 aliphatic rings. The van der Waals surface area contributed by atoms with Crippen molar-refractivity contribution in [3.8, 4) is 0 Å². The van der Waals surface area contributed by atoms with Gasteiger partial charge in [0.15, 0.2) is 0 Å². The molecule has 0 spiro atoms. The van der Waals surface area contributed by atoms with E-state index in [2.05, 4.69) is 36.5 Å². The molecule has 0 fully saturated rings. The van der Waals surface area contributed by atoms with Crippen LogP contribution in [0.2, 0.25) is 0 Å². The summed E-state index contributed by atoms with van der Waals surface area (Å²) in [7, 11) is 0. The molecule has 0 bridgehead atoms. The van der Waals surface area contributed by atoms with Crippen LogP contribution in [-0.2, 0) is 0 Å². The van der Waals surface area contributed by atoms with E-state index in [0.29, 0.717) is 0 Å². The molecule has 0 N–H and O–H groups in total. The molecule has 48 valence electrons. The number of hydrogen-bond donors (Lipinski definition) is 0. The van der Waals surface area contributed by atoms with Crippen LogP contribution in [0.15, 0.2) is 36.5 Å². The summed E-state index contributed by atoms with van der Waals surface area (Å²) in [5.41, 5.74) is 0. The summed E-state index contributed by atoms with van der Waals surface area (Å²) in [6.45, 7) is 0. The summed E-state index contributed by atoms with van der Waals surface area (Å²) in [5, 5.41) is 0. The highest BCUT2D eigenvalue weighted by Crippen LogP contribution is 1.98. The van der Waals surface area contributed by atoms with Crippen molar-refractivity contribution in [2.24, 2.45) is 0 Å². The predicted octanol–water partition coefficient (Wildman–Crippen LogP) is 2.84. The lowest BCUT2D eigenvalue weighted by Crippen LogP contribution is -1.61. The first-order valence-corrected chi connectivity index (χ1v) is 3.47. The lowest BCUT2D eigenvalue weighted by Gasteiger charge is -1.81. The molecule has 0 amide bonds. The van der Waals surface area contributed by atoms with E-state index >= 15 is 0 Å². The summed E-state index contributed by atoms with van der Waals surface area (Å²) in [5.74, 6) is 0. The number of allylic oxidation sites excluding steroid dienone is 6. The molecule has 0 aromatic rings. The molecule has 0 aliphatic heterocycles. The van der Waals surface area contributed by atoms with E-state index in [-0.39, 0.29) is 0 Å². The molecule has 0 atom stereocenters. The van der Waals surface area contributed by atoms with Gasteiger partial charge in [0.2, 0.25) is 0 Å². The van der Waals surface area contributed by atoms with E-state index < -0.39 is 0 Å². The Bertz CT molecular complexity index is 138. The third-order valence-electron chi connectivity index (χ3n) is 1.32. The normalized spacial score (nSPS) is 25.8. The Morgan fingerprint density at radius 1 is 0.667 bits per heavy atom. The Kier molecular flexibility index (Phi) is 2.91. The smallest absolute Gasteiger partial charge is 0.0166 e. The van der Waals surface area contributed by atoms with E-state index in [1.54, 1.807) is 0 Å². The Balaban J connectivity index is 2.43. The molecule has 0 saturated carbocycles. The topological polar surface area (TPSA) is 0 Å². The Labute approximate surface area is 56.6 Å². The molecule has 0 unspecified atom stereocenters. The monoisotopic (exact) mass is 120 g/mol. The van der Waals surface area contributed by atoms with Gasteiger partial charge in [0.1, 0.15) is 0 Å². The van der Waals surface area contributed by atoms with E-state index in [9.17, 15) is 0 Å². The summed E-state index contributed by atoms with van der Waals surface area (Å²) in [6.07, 6.45) is 16.5. The Morgan fingerprint density at radius 3 is 2.44 bits per heavy atom. The van der Waals surface area contributed by atoms with Crippen molar-refractivity contribution in [1.29, 1.82) is 0 Å². The molecule has 0 nitrogen and oxygen atoms in total. The van der Waals surface area contributed by atoms with E-state index in [1.807, 2.05) is 0 Å². The quantitative estimate of drug-likeness (QED) is 0.431. The van der Waals surface area contributed by atoms with Crippen molar-refractivity contribution >= 4 is 0 Å². The SMILES string of the molecule is C1=CCC/C=C/C=C\C1. The van der Waals surface area contributed by atoms with Crippen molar-refractivity contribution in [1.82, 2.24) is 0 Å². The minimum atomic E-state index is 1.09. The maximum absolute atomic E-state index is 2.24. The first-order chi connectivity index (χ1) is 4.50. The number of rotatable bonds is 0. The zero-order valence-corrected chi connectivity index (χ0v) is 5.59. The van der Waals surface area contributed by atoms with Gasteiger partial charge in [0, 0.05) is 0 Å². The van der Waals surface area contributed by atoms with Gasteiger partial charge in [-0.2, -0.15) is 0 Å². The second-order valence-corrected chi connectivity index (χ2v) is 2.14. The first kappa shape index (κ1) is 6.34. The zero-order chi connectivity index (χ0) is 6.36. The van der Waals surface area contributed by atoms with Crippen LogP contribution >= 0.6 is 0 Å². The van der Waals surface area contributed by atoms with Crippen molar-refractivity contribution in [2.75, 3.05) is 0 Å². The standard InChI is InChI=1S/C9H12/c1-2-4-6-8-9-7-5-3-1/h1-4,7,9H,5-6,8H2/b3-1-,4-2+,9-7?. The van der Waals surface area contributed by atoms with Crippen LogP contribution < -0.4 is 0 Å². The fourth-order valence-electron chi connectivity index (χ4n) is 0.817. The molecule has 0 radical (unpaired) electrons. The summed E-state index contributed by atoms with van der Waals surface area (Å²) < 4.78 is 0. The third kappa shape index (κ3) is 2.91. The predicted molar refractivity (Wildman–Crippen MR) is 41.3 cm³/mol. The molecule has 0 aromatic carbocycles. The van der Waals surface area contributed by atoms with Gasteiger partial charge >= 0.3 is 0 Å². The largest absolute Gasteiger partial charge is 0.0879 e. The van der Waals surface area contributed by atoms with Gasteiger partial charge in [-0.15, -0.1) is 0 Å². The lowest BCUT2D eigenvalue weighted by atomic mass is 10.3. The molecule has 0 heteroatoms. The fourth-order valence-corrected chi connectivity index (χ4v) is 0.817. The van der Waals surface area contributed by atoms with Crippen LogP contribution in [0.4, 0.5) is 0 Å². The average Bonchev–Trinajstić information content (AvgIpc) is 2.00. The number of hydrogen-bond acceptors (Lipinski definition) is 0. The van der Waals surface area contributed by atoms with Crippen LogP contribution in [0.25, 0.3) is 0 Å². The van der Waals surface area contributed by atoms with Crippen LogP contribution in [0.5, 0.6) is 0 Å². The van der Waals surface area contributed by atoms with Crippen LogP contribution in [0.1, 0.15) is 19.3 Å². The van der Waals surface area contributed by atoms with Crippen molar-refractivity contribution in [3.63, 3.8) is 0 Å². The molecule has 9 heavy (non-hydrogen) atoms. The first-order valence-electron chi connectivity index (χ1n) is 3.47. The third-order valence-corrected chi connectivity index (χ3v) is 1.32. The summed E-state index contributed by atoms with van der Waals surface area (Å²) in [4.78, 5) is 0. The molecule has 0 aromatic heterocycles. The van der Waals surface area contributed by atoms with Gasteiger partial charge < -0.3 is 0 Å². The van der Waals surface area contributed by atoms with Gasteiger partial charge in [-0.1, -0.05) is 36.5 Å². The van der Waals surface area contributed by atoms with Crippen LogP contribution in [-0.4, -0.2) is 0 Å². The van der Waals surface area contributed by atoms with E-state index in [4.69, 9.17) is 0 Å². The van der Waals surface area contributed by atoms with Gasteiger partial charge in [-0.3, -0.25) is 0 Å². The van der Waals surface area contributed by atoms with Crippen LogP contribution in [0.3, 0.4) is 0 Å². The average molecular weight is 120 g/mol. The van der Waals surface area contributed by atoms with Gasteiger partial charge in [-0.05, 0) is 19.3 Å². The van der Waals surface area contributed by atoms with Gasteiger partial charge in [-0.25, -0.2) is 0 Å².